The molecule has 1 aromatic carbocycles. The Balaban J connectivity index is 2.22. The molecule has 0 spiro atoms. The van der Waals surface area contributed by atoms with E-state index in [1.165, 1.54) is 26.9 Å². The first kappa shape index (κ1) is 16.2. The van der Waals surface area contributed by atoms with Crippen LogP contribution >= 0.6 is 11.3 Å². The average Bonchev–Trinajstić information content (AvgIpc) is 2.96. The molecule has 0 aliphatic heterocycles. The van der Waals surface area contributed by atoms with Gasteiger partial charge in [-0.05, 0) is 23.9 Å². The third-order valence-electron chi connectivity index (χ3n) is 3.33. The highest BCUT2D eigenvalue weighted by Crippen LogP contribution is 2.34. The molecule has 2 rings (SSSR count). The van der Waals surface area contributed by atoms with Crippen LogP contribution in [0.25, 0.3) is 0 Å². The molecule has 0 saturated carbocycles. The van der Waals surface area contributed by atoms with E-state index in [9.17, 15) is 4.79 Å². The number of hydrogen-bond acceptors (Lipinski definition) is 5. The Morgan fingerprint density at radius 1 is 1.09 bits per heavy atom. The molecule has 1 amide bonds. The van der Waals surface area contributed by atoms with E-state index >= 15 is 0 Å². The SMILES string of the molecule is COc1cc(OC)c(C(=O)NCc2sccc2C)cc1OC. The van der Waals surface area contributed by atoms with Crippen molar-refractivity contribution in [3.63, 3.8) is 0 Å². The molecule has 0 saturated heterocycles. The molecule has 0 radical (unpaired) electrons. The summed E-state index contributed by atoms with van der Waals surface area (Å²) in [4.78, 5) is 13.5. The fourth-order valence-electron chi connectivity index (χ4n) is 2.05. The van der Waals surface area contributed by atoms with Gasteiger partial charge in [0.25, 0.3) is 5.91 Å². The maximum Gasteiger partial charge on any atom is 0.255 e. The molecule has 0 bridgehead atoms. The third kappa shape index (κ3) is 3.33. The highest BCUT2D eigenvalue weighted by atomic mass is 32.1. The van der Waals surface area contributed by atoms with E-state index in [4.69, 9.17) is 14.2 Å². The number of benzene rings is 1. The Hall–Kier alpha value is -2.21. The van der Waals surface area contributed by atoms with Gasteiger partial charge in [-0.25, -0.2) is 0 Å². The molecule has 0 atom stereocenters. The van der Waals surface area contributed by atoms with E-state index in [1.54, 1.807) is 23.5 Å². The number of aryl methyl sites for hydroxylation is 1. The quantitative estimate of drug-likeness (QED) is 0.888. The number of hydrogen-bond donors (Lipinski definition) is 1. The standard InChI is InChI=1S/C16H19NO4S/c1-10-5-6-22-15(10)9-17-16(18)11-7-13(20-3)14(21-4)8-12(11)19-2/h5-8H,9H2,1-4H3,(H,17,18). The molecule has 0 fully saturated rings. The van der Waals surface area contributed by atoms with E-state index in [1.807, 2.05) is 18.4 Å². The second kappa shape index (κ2) is 7.17. The summed E-state index contributed by atoms with van der Waals surface area (Å²) in [6, 6.07) is 5.29. The van der Waals surface area contributed by atoms with E-state index in [-0.39, 0.29) is 5.91 Å². The van der Waals surface area contributed by atoms with Crippen LogP contribution in [-0.2, 0) is 6.54 Å². The zero-order chi connectivity index (χ0) is 16.1. The van der Waals surface area contributed by atoms with Crippen molar-refractivity contribution in [2.45, 2.75) is 13.5 Å². The fourth-order valence-corrected chi connectivity index (χ4v) is 2.89. The summed E-state index contributed by atoms with van der Waals surface area (Å²) in [6.45, 7) is 2.51. The molecule has 22 heavy (non-hydrogen) atoms. The number of ether oxygens (including phenoxy) is 3. The Bertz CT molecular complexity index is 666. The highest BCUT2D eigenvalue weighted by Gasteiger charge is 2.17. The topological polar surface area (TPSA) is 56.8 Å². The van der Waals surface area contributed by atoms with E-state index in [0.29, 0.717) is 29.4 Å². The molecule has 1 aromatic heterocycles. The minimum absolute atomic E-state index is 0.217. The minimum Gasteiger partial charge on any atom is -0.496 e. The molecule has 2 aromatic rings. The van der Waals surface area contributed by atoms with Crippen LogP contribution < -0.4 is 19.5 Å². The van der Waals surface area contributed by atoms with Crippen LogP contribution in [0.3, 0.4) is 0 Å². The fraction of sp³-hybridized carbons (Fsp3) is 0.312. The van der Waals surface area contributed by atoms with Crippen molar-refractivity contribution >= 4 is 17.2 Å². The summed E-state index contributed by atoms with van der Waals surface area (Å²) < 4.78 is 15.7. The van der Waals surface area contributed by atoms with Gasteiger partial charge in [0.1, 0.15) is 5.75 Å². The van der Waals surface area contributed by atoms with Crippen LogP contribution in [0.1, 0.15) is 20.8 Å². The summed E-state index contributed by atoms with van der Waals surface area (Å²) >= 11 is 1.62. The first-order valence-corrected chi connectivity index (χ1v) is 7.59. The first-order valence-electron chi connectivity index (χ1n) is 6.71. The number of rotatable bonds is 6. The van der Waals surface area contributed by atoms with Crippen LogP contribution in [0.15, 0.2) is 23.6 Å². The Labute approximate surface area is 133 Å². The van der Waals surface area contributed by atoms with Gasteiger partial charge in [0, 0.05) is 17.0 Å². The number of carbonyl (C=O) groups is 1. The van der Waals surface area contributed by atoms with Crippen LogP contribution in [0.5, 0.6) is 17.2 Å². The smallest absolute Gasteiger partial charge is 0.255 e. The molecule has 118 valence electrons. The van der Waals surface area contributed by atoms with Gasteiger partial charge in [-0.1, -0.05) is 0 Å². The van der Waals surface area contributed by atoms with Gasteiger partial charge in [-0.3, -0.25) is 4.79 Å². The maximum absolute atomic E-state index is 12.4. The molecule has 1 N–H and O–H groups in total. The second-order valence-corrected chi connectivity index (χ2v) is 5.62. The number of methoxy groups -OCH3 is 3. The van der Waals surface area contributed by atoms with Crippen molar-refractivity contribution < 1.29 is 19.0 Å². The van der Waals surface area contributed by atoms with E-state index in [0.717, 1.165) is 4.88 Å². The summed E-state index contributed by atoms with van der Waals surface area (Å²) in [7, 11) is 4.58. The number of amides is 1. The Kier molecular flexibility index (Phi) is 5.27. The molecular formula is C16H19NO4S. The summed E-state index contributed by atoms with van der Waals surface area (Å²) in [5.41, 5.74) is 1.58. The Morgan fingerprint density at radius 2 is 1.73 bits per heavy atom. The molecule has 6 heteroatoms. The van der Waals surface area contributed by atoms with Crippen molar-refractivity contribution in [3.8, 4) is 17.2 Å². The van der Waals surface area contributed by atoms with Gasteiger partial charge in [-0.15, -0.1) is 11.3 Å². The number of nitrogens with one attached hydrogen (secondary N) is 1. The summed E-state index contributed by atoms with van der Waals surface area (Å²) in [5, 5.41) is 4.91. The van der Waals surface area contributed by atoms with Crippen molar-refractivity contribution in [2.24, 2.45) is 0 Å². The molecule has 5 nitrogen and oxygen atoms in total. The van der Waals surface area contributed by atoms with Gasteiger partial charge < -0.3 is 19.5 Å². The van der Waals surface area contributed by atoms with Gasteiger partial charge in [0.15, 0.2) is 11.5 Å². The molecular weight excluding hydrogens is 302 g/mol. The number of carbonyl (C=O) groups excluding carboxylic acids is 1. The summed E-state index contributed by atoms with van der Waals surface area (Å²) in [6.07, 6.45) is 0. The highest BCUT2D eigenvalue weighted by molar-refractivity contribution is 7.10. The zero-order valence-corrected chi connectivity index (χ0v) is 13.9. The van der Waals surface area contributed by atoms with Crippen molar-refractivity contribution in [2.75, 3.05) is 21.3 Å². The predicted octanol–water partition coefficient (Wildman–Crippen LogP) is 3.01. The van der Waals surface area contributed by atoms with Gasteiger partial charge in [-0.2, -0.15) is 0 Å². The largest absolute Gasteiger partial charge is 0.496 e. The first-order chi connectivity index (χ1) is 10.6. The molecule has 0 aliphatic rings. The van der Waals surface area contributed by atoms with Crippen LogP contribution in [-0.4, -0.2) is 27.2 Å². The molecule has 0 aliphatic carbocycles. The van der Waals surface area contributed by atoms with Gasteiger partial charge >= 0.3 is 0 Å². The van der Waals surface area contributed by atoms with Crippen LogP contribution in [0.4, 0.5) is 0 Å². The normalized spacial score (nSPS) is 10.2. The lowest BCUT2D eigenvalue weighted by Crippen LogP contribution is -2.23. The lowest BCUT2D eigenvalue weighted by Gasteiger charge is -2.14. The summed E-state index contributed by atoms with van der Waals surface area (Å²) in [5.74, 6) is 1.23. The maximum atomic E-state index is 12.4. The van der Waals surface area contributed by atoms with E-state index in [2.05, 4.69) is 5.32 Å². The Morgan fingerprint density at radius 3 is 2.27 bits per heavy atom. The predicted molar refractivity (Wildman–Crippen MR) is 86.3 cm³/mol. The molecule has 1 heterocycles. The van der Waals surface area contributed by atoms with Crippen LogP contribution in [0, 0.1) is 6.92 Å². The lowest BCUT2D eigenvalue weighted by atomic mass is 10.1. The van der Waals surface area contributed by atoms with Gasteiger partial charge in [0.05, 0.1) is 33.4 Å². The monoisotopic (exact) mass is 321 g/mol. The minimum atomic E-state index is -0.217. The second-order valence-electron chi connectivity index (χ2n) is 4.62. The van der Waals surface area contributed by atoms with E-state index < -0.39 is 0 Å². The zero-order valence-electron chi connectivity index (χ0n) is 13.1. The average molecular weight is 321 g/mol. The molecule has 0 unspecified atom stereocenters. The van der Waals surface area contributed by atoms with Crippen molar-refractivity contribution in [1.29, 1.82) is 0 Å². The number of thiophene rings is 1. The third-order valence-corrected chi connectivity index (χ3v) is 4.35. The van der Waals surface area contributed by atoms with Gasteiger partial charge in [0.2, 0.25) is 0 Å². The van der Waals surface area contributed by atoms with Crippen molar-refractivity contribution in [1.82, 2.24) is 5.32 Å². The lowest BCUT2D eigenvalue weighted by molar-refractivity contribution is 0.0947. The van der Waals surface area contributed by atoms with Crippen molar-refractivity contribution in [3.05, 3.63) is 39.6 Å². The van der Waals surface area contributed by atoms with Crippen LogP contribution in [0.2, 0.25) is 0 Å².